The summed E-state index contributed by atoms with van der Waals surface area (Å²) in [6.07, 6.45) is 0. The lowest BCUT2D eigenvalue weighted by Crippen LogP contribution is -2.28. The van der Waals surface area contributed by atoms with Crippen molar-refractivity contribution in [2.75, 3.05) is 5.32 Å². The number of anilines is 1. The molecule has 11 heteroatoms. The molecule has 0 fully saturated rings. The van der Waals surface area contributed by atoms with Gasteiger partial charge in [-0.25, -0.2) is 13.1 Å². The zero-order valence-electron chi connectivity index (χ0n) is 15.5. The fraction of sp³-hybridized carbons (Fsp3) is 0.0526. The molecule has 0 atom stereocenters. The van der Waals surface area contributed by atoms with Crippen molar-refractivity contribution in [2.45, 2.75) is 11.8 Å². The minimum Gasteiger partial charge on any atom is -0.451 e. The summed E-state index contributed by atoms with van der Waals surface area (Å²) in [6.45, 7) is 1.08. The summed E-state index contributed by atoms with van der Waals surface area (Å²) in [5.74, 6) is -1.07. The Morgan fingerprint density at radius 2 is 1.73 bits per heavy atom. The van der Waals surface area contributed by atoms with Gasteiger partial charge in [0.2, 0.25) is 5.91 Å². The van der Waals surface area contributed by atoms with E-state index in [1.54, 1.807) is 6.07 Å². The van der Waals surface area contributed by atoms with Gasteiger partial charge in [0.25, 0.3) is 21.6 Å². The largest absolute Gasteiger partial charge is 0.451 e. The van der Waals surface area contributed by atoms with Crippen molar-refractivity contribution in [1.29, 1.82) is 0 Å². The lowest BCUT2D eigenvalue weighted by molar-refractivity contribution is -0.384. The van der Waals surface area contributed by atoms with Crippen LogP contribution in [-0.2, 0) is 14.8 Å². The summed E-state index contributed by atoms with van der Waals surface area (Å²) in [6, 6.07) is 13.9. The quantitative estimate of drug-likeness (QED) is 0.452. The van der Waals surface area contributed by atoms with Crippen LogP contribution in [0.1, 0.15) is 17.5 Å². The van der Waals surface area contributed by atoms with Gasteiger partial charge in [0.15, 0.2) is 5.76 Å². The first kappa shape index (κ1) is 20.7. The number of rotatable bonds is 6. The number of carbonyl (C=O) groups is 2. The molecule has 1 heterocycles. The molecular weight excluding hydrogens is 414 g/mol. The molecule has 0 aliphatic rings. The summed E-state index contributed by atoms with van der Waals surface area (Å²) in [5.41, 5.74) is 0.634. The van der Waals surface area contributed by atoms with E-state index in [1.165, 1.54) is 54.6 Å². The molecule has 3 rings (SSSR count). The molecule has 0 spiro atoms. The molecule has 2 N–H and O–H groups in total. The van der Waals surface area contributed by atoms with Crippen LogP contribution in [0.2, 0.25) is 0 Å². The van der Waals surface area contributed by atoms with E-state index in [0.717, 1.165) is 6.92 Å². The second kappa shape index (κ2) is 8.17. The first-order valence-corrected chi connectivity index (χ1v) is 9.93. The Bertz CT molecular complexity index is 1230. The van der Waals surface area contributed by atoms with Gasteiger partial charge in [0, 0.05) is 30.3 Å². The molecule has 1 aromatic heterocycles. The highest BCUT2D eigenvalue weighted by Crippen LogP contribution is 2.26. The van der Waals surface area contributed by atoms with Crippen LogP contribution in [0.4, 0.5) is 11.4 Å². The van der Waals surface area contributed by atoms with Crippen molar-refractivity contribution in [3.05, 3.63) is 76.5 Å². The predicted molar refractivity (Wildman–Crippen MR) is 106 cm³/mol. The van der Waals surface area contributed by atoms with E-state index < -0.39 is 26.8 Å². The average molecular weight is 429 g/mol. The van der Waals surface area contributed by atoms with E-state index >= 15 is 0 Å². The third kappa shape index (κ3) is 4.70. The van der Waals surface area contributed by atoms with Crippen LogP contribution in [0.3, 0.4) is 0 Å². The van der Waals surface area contributed by atoms with E-state index in [4.69, 9.17) is 4.42 Å². The Morgan fingerprint density at radius 3 is 2.37 bits per heavy atom. The first-order valence-electron chi connectivity index (χ1n) is 8.45. The Hall–Kier alpha value is -3.99. The maximum absolute atomic E-state index is 12.4. The third-order valence-electron chi connectivity index (χ3n) is 3.87. The number of non-ortho nitro benzene ring substituents is 1. The molecule has 0 bridgehead atoms. The van der Waals surface area contributed by atoms with E-state index in [2.05, 4.69) is 5.32 Å². The Kier molecular flexibility index (Phi) is 5.65. The maximum Gasteiger partial charge on any atom is 0.291 e. The third-order valence-corrected chi connectivity index (χ3v) is 5.32. The summed E-state index contributed by atoms with van der Waals surface area (Å²) in [5, 5.41) is 13.4. The van der Waals surface area contributed by atoms with Crippen LogP contribution in [-0.4, -0.2) is 25.2 Å². The Morgan fingerprint density at radius 1 is 1.03 bits per heavy atom. The van der Waals surface area contributed by atoms with Gasteiger partial charge in [0.05, 0.1) is 9.82 Å². The number of nitrogens with one attached hydrogen (secondary N) is 2. The van der Waals surface area contributed by atoms with Crippen molar-refractivity contribution in [1.82, 2.24) is 4.72 Å². The van der Waals surface area contributed by atoms with Crippen molar-refractivity contribution in [3.63, 3.8) is 0 Å². The van der Waals surface area contributed by atoms with Gasteiger partial charge >= 0.3 is 0 Å². The summed E-state index contributed by atoms with van der Waals surface area (Å²) >= 11 is 0. The van der Waals surface area contributed by atoms with Gasteiger partial charge in [-0.2, -0.15) is 0 Å². The average Bonchev–Trinajstić information content (AvgIpc) is 3.18. The molecule has 2 amide bonds. The standard InChI is InChI=1S/C19H15N3O7S/c1-12(23)21-30(27,28)16-7-5-14(6-8-16)20-19(24)18-10-9-17(29-18)13-3-2-4-15(11-13)22(25)26/h2-11H,1H3,(H,20,24)(H,21,23). The van der Waals surface area contributed by atoms with Gasteiger partial charge in [-0.05, 0) is 36.4 Å². The van der Waals surface area contributed by atoms with Gasteiger partial charge in [0.1, 0.15) is 5.76 Å². The highest BCUT2D eigenvalue weighted by molar-refractivity contribution is 7.90. The number of furan rings is 1. The number of nitro benzene ring substituents is 1. The molecule has 154 valence electrons. The first-order chi connectivity index (χ1) is 14.2. The number of benzene rings is 2. The normalized spacial score (nSPS) is 11.0. The molecule has 0 aliphatic heterocycles. The van der Waals surface area contributed by atoms with Crippen molar-refractivity contribution in [3.8, 4) is 11.3 Å². The Labute approximate surface area is 170 Å². The lowest BCUT2D eigenvalue weighted by atomic mass is 10.1. The number of amides is 2. The second-order valence-corrected chi connectivity index (χ2v) is 7.79. The smallest absolute Gasteiger partial charge is 0.291 e. The fourth-order valence-corrected chi connectivity index (χ4v) is 3.54. The number of hydrogen-bond donors (Lipinski definition) is 2. The molecule has 2 aromatic carbocycles. The van der Waals surface area contributed by atoms with Crippen LogP contribution in [0.15, 0.2) is 70.0 Å². The van der Waals surface area contributed by atoms with Crippen LogP contribution in [0.5, 0.6) is 0 Å². The molecular formula is C19H15N3O7S. The zero-order valence-corrected chi connectivity index (χ0v) is 16.3. The number of sulfonamides is 1. The molecule has 0 unspecified atom stereocenters. The van der Waals surface area contributed by atoms with Crippen LogP contribution in [0.25, 0.3) is 11.3 Å². The van der Waals surface area contributed by atoms with E-state index in [-0.39, 0.29) is 22.1 Å². The molecule has 0 saturated heterocycles. The van der Waals surface area contributed by atoms with E-state index in [9.17, 15) is 28.1 Å². The van der Waals surface area contributed by atoms with Crippen molar-refractivity contribution < 1.29 is 27.3 Å². The molecule has 10 nitrogen and oxygen atoms in total. The summed E-state index contributed by atoms with van der Waals surface area (Å²) in [4.78, 5) is 33.6. The summed E-state index contributed by atoms with van der Waals surface area (Å²) < 4.78 is 31.2. The van der Waals surface area contributed by atoms with Crippen LogP contribution >= 0.6 is 0 Å². The van der Waals surface area contributed by atoms with E-state index in [0.29, 0.717) is 11.3 Å². The number of hydrogen-bond acceptors (Lipinski definition) is 7. The van der Waals surface area contributed by atoms with Crippen molar-refractivity contribution in [2.24, 2.45) is 0 Å². The van der Waals surface area contributed by atoms with Crippen LogP contribution < -0.4 is 10.0 Å². The second-order valence-electron chi connectivity index (χ2n) is 6.11. The summed E-state index contributed by atoms with van der Waals surface area (Å²) in [7, 11) is -3.97. The highest BCUT2D eigenvalue weighted by atomic mass is 32.2. The van der Waals surface area contributed by atoms with E-state index in [1.807, 2.05) is 4.72 Å². The van der Waals surface area contributed by atoms with Crippen molar-refractivity contribution >= 4 is 33.2 Å². The topological polar surface area (TPSA) is 149 Å². The highest BCUT2D eigenvalue weighted by Gasteiger charge is 2.17. The maximum atomic E-state index is 12.4. The molecule has 0 aliphatic carbocycles. The molecule has 30 heavy (non-hydrogen) atoms. The monoisotopic (exact) mass is 429 g/mol. The minimum atomic E-state index is -3.97. The molecule has 0 saturated carbocycles. The number of nitro groups is 1. The van der Waals surface area contributed by atoms with Gasteiger partial charge in [-0.15, -0.1) is 0 Å². The van der Waals surface area contributed by atoms with Gasteiger partial charge in [-0.1, -0.05) is 12.1 Å². The van der Waals surface area contributed by atoms with Gasteiger partial charge < -0.3 is 9.73 Å². The lowest BCUT2D eigenvalue weighted by Gasteiger charge is -2.07. The number of carbonyl (C=O) groups excluding carboxylic acids is 2. The molecule has 3 aromatic rings. The fourth-order valence-electron chi connectivity index (χ4n) is 2.55. The number of nitrogens with zero attached hydrogens (tertiary/aromatic N) is 1. The predicted octanol–water partition coefficient (Wildman–Crippen LogP) is 2.93. The SMILES string of the molecule is CC(=O)NS(=O)(=O)c1ccc(NC(=O)c2ccc(-c3cccc([N+](=O)[O-])c3)o2)cc1. The van der Waals surface area contributed by atoms with Gasteiger partial charge in [-0.3, -0.25) is 19.7 Å². The Balaban J connectivity index is 1.74. The minimum absolute atomic E-state index is 0.0357. The molecule has 0 radical (unpaired) electrons. The van der Waals surface area contributed by atoms with Crippen LogP contribution in [0, 0.1) is 10.1 Å². The zero-order chi connectivity index (χ0) is 21.9.